The summed E-state index contributed by atoms with van der Waals surface area (Å²) in [6, 6.07) is 5.44. The van der Waals surface area contributed by atoms with Crippen LogP contribution in [0.4, 0.5) is 0 Å². The molecule has 1 saturated heterocycles. The van der Waals surface area contributed by atoms with Crippen molar-refractivity contribution in [2.24, 2.45) is 17.8 Å². The van der Waals surface area contributed by atoms with E-state index in [2.05, 4.69) is 57.2 Å². The molecule has 0 spiro atoms. The number of nitrogens with zero attached hydrogens (tertiary/aromatic N) is 3. The van der Waals surface area contributed by atoms with Crippen molar-refractivity contribution in [3.63, 3.8) is 0 Å². The maximum absolute atomic E-state index is 14.7. The van der Waals surface area contributed by atoms with Crippen LogP contribution in [0.5, 0.6) is 5.75 Å². The number of likely N-dealkylation sites (tertiary alicyclic amines) is 1. The van der Waals surface area contributed by atoms with Crippen molar-refractivity contribution in [1.29, 1.82) is 5.41 Å². The topological polar surface area (TPSA) is 168 Å². The molecule has 0 saturated carbocycles. The number of hydrogen-bond acceptors (Lipinski definition) is 9. The van der Waals surface area contributed by atoms with Crippen molar-refractivity contribution >= 4 is 35.0 Å². The number of ether oxygens (including phenoxy) is 1. The Balaban J connectivity index is 1.86. The van der Waals surface area contributed by atoms with Crippen LogP contribution >= 0.6 is 11.3 Å². The second kappa shape index (κ2) is 22.1. The van der Waals surface area contributed by atoms with Gasteiger partial charge in [-0.3, -0.25) is 24.7 Å². The van der Waals surface area contributed by atoms with Crippen LogP contribution in [0.15, 0.2) is 29.6 Å². The van der Waals surface area contributed by atoms with Gasteiger partial charge < -0.3 is 30.5 Å². The lowest BCUT2D eigenvalue weighted by Crippen LogP contribution is -2.58. The number of rotatable bonds is 22. The zero-order valence-electron chi connectivity index (χ0n) is 33.8. The van der Waals surface area contributed by atoms with E-state index in [-0.39, 0.29) is 47.7 Å². The average molecular weight is 771 g/mol. The SMILES string of the molecule is CCCO[C@H](C[C@H](C(C)C)N(CCC)C(=O)[C@@H](NC(=N)[C@H]1CCCCN1C)[C@@H](C)CC)c1nc(C(=O)N[C@@H](Cc2ccc(O)cc2)C[C@H](C)C(=O)O)cs1. The first-order chi connectivity index (χ1) is 25.7. The maximum Gasteiger partial charge on any atom is 0.306 e. The second-order valence-electron chi connectivity index (χ2n) is 15.4. The summed E-state index contributed by atoms with van der Waals surface area (Å²) in [7, 11) is 2.05. The van der Waals surface area contributed by atoms with E-state index < -0.39 is 36.0 Å². The third-order valence-electron chi connectivity index (χ3n) is 10.6. The number of carboxylic acid groups (broad SMARTS) is 1. The van der Waals surface area contributed by atoms with Crippen LogP contribution in [0.1, 0.15) is 127 Å². The van der Waals surface area contributed by atoms with Gasteiger partial charge in [-0.2, -0.15) is 0 Å². The van der Waals surface area contributed by atoms with Gasteiger partial charge in [0.25, 0.3) is 5.91 Å². The highest BCUT2D eigenvalue weighted by Gasteiger charge is 2.37. The number of phenols is 1. The van der Waals surface area contributed by atoms with Crippen molar-refractivity contribution < 1.29 is 29.3 Å². The van der Waals surface area contributed by atoms with Gasteiger partial charge >= 0.3 is 5.97 Å². The number of aromatic nitrogens is 1. The molecule has 7 atom stereocenters. The van der Waals surface area contributed by atoms with Gasteiger partial charge in [-0.25, -0.2) is 4.98 Å². The minimum Gasteiger partial charge on any atom is -0.508 e. The largest absolute Gasteiger partial charge is 0.508 e. The number of nitrogens with one attached hydrogen (secondary N) is 3. The van der Waals surface area contributed by atoms with Gasteiger partial charge in [-0.05, 0) is 81.6 Å². The third kappa shape index (κ3) is 13.0. The molecule has 302 valence electrons. The molecule has 0 aliphatic carbocycles. The summed E-state index contributed by atoms with van der Waals surface area (Å²) in [5.41, 5.74) is 1.09. The minimum atomic E-state index is -0.941. The average Bonchev–Trinajstić information content (AvgIpc) is 3.64. The van der Waals surface area contributed by atoms with Crippen molar-refractivity contribution in [1.82, 2.24) is 25.4 Å². The smallest absolute Gasteiger partial charge is 0.306 e. The Morgan fingerprint density at radius 3 is 2.35 bits per heavy atom. The lowest BCUT2D eigenvalue weighted by atomic mass is 9.91. The van der Waals surface area contributed by atoms with Gasteiger partial charge in [0.2, 0.25) is 5.91 Å². The Morgan fingerprint density at radius 1 is 1.06 bits per heavy atom. The molecule has 12 nitrogen and oxygen atoms in total. The van der Waals surface area contributed by atoms with Gasteiger partial charge in [0.1, 0.15) is 34.4 Å². The van der Waals surface area contributed by atoms with E-state index in [1.165, 1.54) is 11.3 Å². The van der Waals surface area contributed by atoms with Crippen molar-refractivity contribution in [2.45, 2.75) is 137 Å². The highest BCUT2D eigenvalue weighted by molar-refractivity contribution is 7.09. The molecule has 2 heterocycles. The number of carbonyl (C=O) groups excluding carboxylic acids is 2. The van der Waals surface area contributed by atoms with Crippen LogP contribution in [0.2, 0.25) is 0 Å². The summed E-state index contributed by atoms with van der Waals surface area (Å²) in [5.74, 6) is -1.37. The molecule has 1 aromatic heterocycles. The quantitative estimate of drug-likeness (QED) is 0.0633. The fraction of sp³-hybridized carbons (Fsp3) is 0.683. The standard InChI is InChI=1S/C41H66N6O6S/c1-9-19-47(40(50)36(27(6)11-3)45-37(42)33-14-12-13-20-46(33)8)34(26(4)5)24-35(53-21-10-2)39-44-32(25-54-39)38(49)43-30(22-28(7)41(51)52)23-29-15-17-31(48)18-16-29/h15-18,25-28,30,33-36,48H,9-14,19-24H2,1-8H3,(H2,42,45)(H,43,49)(H,51,52)/t27-,28-,30+,33+,34+,35+,36-/m0/s1. The molecular weight excluding hydrogens is 705 g/mol. The molecule has 1 aliphatic heterocycles. The van der Waals surface area contributed by atoms with Gasteiger partial charge in [-0.1, -0.05) is 73.4 Å². The summed E-state index contributed by atoms with van der Waals surface area (Å²) < 4.78 is 6.43. The second-order valence-corrected chi connectivity index (χ2v) is 16.3. The molecule has 5 N–H and O–H groups in total. The summed E-state index contributed by atoms with van der Waals surface area (Å²) in [4.78, 5) is 49.0. The first-order valence-electron chi connectivity index (χ1n) is 19.9. The number of thiazole rings is 1. The number of carbonyl (C=O) groups is 3. The van der Waals surface area contributed by atoms with E-state index in [9.17, 15) is 24.6 Å². The highest BCUT2D eigenvalue weighted by atomic mass is 32.1. The first kappa shape index (κ1) is 44.8. The van der Waals surface area contributed by atoms with Gasteiger partial charge in [-0.15, -0.1) is 11.3 Å². The Hall–Kier alpha value is -3.55. The van der Waals surface area contributed by atoms with Crippen LogP contribution in [0.25, 0.3) is 0 Å². The van der Waals surface area contributed by atoms with E-state index in [1.807, 2.05) is 11.8 Å². The molecule has 3 rings (SSSR count). The predicted molar refractivity (Wildman–Crippen MR) is 215 cm³/mol. The molecule has 2 aromatic rings. The number of benzene rings is 1. The van der Waals surface area contributed by atoms with E-state index >= 15 is 0 Å². The van der Waals surface area contributed by atoms with Crippen molar-refractivity contribution in [3.8, 4) is 5.75 Å². The van der Waals surface area contributed by atoms with Crippen LogP contribution in [-0.4, -0.2) is 99.5 Å². The number of carboxylic acids is 1. The van der Waals surface area contributed by atoms with Crippen LogP contribution in [0, 0.1) is 23.2 Å². The number of aromatic hydroxyl groups is 1. The van der Waals surface area contributed by atoms with E-state index in [0.717, 1.165) is 50.6 Å². The minimum absolute atomic E-state index is 0.00295. The zero-order valence-corrected chi connectivity index (χ0v) is 34.6. The number of likely N-dealkylation sites (N-methyl/N-ethyl adjacent to an activating group) is 1. The number of amides is 2. The Labute approximate surface area is 327 Å². The van der Waals surface area contributed by atoms with Gasteiger partial charge in [0.05, 0.1) is 12.0 Å². The van der Waals surface area contributed by atoms with Crippen LogP contribution in [0.3, 0.4) is 0 Å². The van der Waals surface area contributed by atoms with E-state index in [0.29, 0.717) is 36.8 Å². The lowest BCUT2D eigenvalue weighted by molar-refractivity contribution is -0.141. The molecule has 13 heteroatoms. The molecular formula is C41H66N6O6S. The third-order valence-corrected chi connectivity index (χ3v) is 11.6. The lowest BCUT2D eigenvalue weighted by Gasteiger charge is -2.40. The van der Waals surface area contributed by atoms with Gasteiger partial charge in [0, 0.05) is 37.0 Å². The number of piperidine rings is 1. The molecule has 0 bridgehead atoms. The van der Waals surface area contributed by atoms with E-state index in [1.54, 1.807) is 36.6 Å². The first-order valence-corrected chi connectivity index (χ1v) is 20.8. The fourth-order valence-electron chi connectivity index (χ4n) is 7.16. The van der Waals surface area contributed by atoms with Crippen LogP contribution < -0.4 is 10.6 Å². The Morgan fingerprint density at radius 2 is 1.76 bits per heavy atom. The van der Waals surface area contributed by atoms with Gasteiger partial charge in [0.15, 0.2) is 0 Å². The summed E-state index contributed by atoms with van der Waals surface area (Å²) >= 11 is 1.35. The number of phenolic OH excluding ortho intramolecular Hbond substituents is 1. The molecule has 0 unspecified atom stereocenters. The molecule has 1 aliphatic rings. The molecule has 2 amide bonds. The zero-order chi connectivity index (χ0) is 39.9. The summed E-state index contributed by atoms with van der Waals surface area (Å²) in [6.45, 7) is 16.1. The normalized spacial score (nSPS) is 18.3. The summed E-state index contributed by atoms with van der Waals surface area (Å²) in [5, 5.41) is 37.1. The molecule has 54 heavy (non-hydrogen) atoms. The fourth-order valence-corrected chi connectivity index (χ4v) is 8.02. The molecule has 1 aromatic carbocycles. The van der Waals surface area contributed by atoms with E-state index in [4.69, 9.17) is 15.1 Å². The number of hydrogen-bond donors (Lipinski definition) is 5. The number of aliphatic carboxylic acids is 1. The number of amidine groups is 1. The Kier molecular flexibility index (Phi) is 18.4. The molecule has 1 fully saturated rings. The highest BCUT2D eigenvalue weighted by Crippen LogP contribution is 2.32. The van der Waals surface area contributed by atoms with Crippen molar-refractivity contribution in [3.05, 3.63) is 45.9 Å². The maximum atomic E-state index is 14.7. The Bertz CT molecular complexity index is 1480. The van der Waals surface area contributed by atoms with Crippen LogP contribution in [-0.2, 0) is 20.7 Å². The molecule has 0 radical (unpaired) electrons. The van der Waals surface area contributed by atoms with Crippen molar-refractivity contribution in [2.75, 3.05) is 26.7 Å². The monoisotopic (exact) mass is 770 g/mol. The predicted octanol–water partition coefficient (Wildman–Crippen LogP) is 6.89. The summed E-state index contributed by atoms with van der Waals surface area (Å²) in [6.07, 6.45) is 6.11.